The predicted octanol–water partition coefficient (Wildman–Crippen LogP) is 1.54. The minimum Gasteiger partial charge on any atom is -0.338 e. The molecule has 1 aliphatic heterocycles. The van der Waals surface area contributed by atoms with Crippen molar-refractivity contribution in [1.29, 1.82) is 0 Å². The quantitative estimate of drug-likeness (QED) is 0.820. The number of rotatable bonds is 2. The normalized spacial score (nSPS) is 28.9. The Morgan fingerprint density at radius 2 is 2.37 bits per heavy atom. The molecule has 2 atom stereocenters. The van der Waals surface area contributed by atoms with Crippen molar-refractivity contribution in [2.24, 2.45) is 18.4 Å². The van der Waals surface area contributed by atoms with Crippen LogP contribution in [0.2, 0.25) is 0 Å². The molecule has 19 heavy (non-hydrogen) atoms. The molecule has 0 aromatic carbocycles. The van der Waals surface area contributed by atoms with E-state index in [1.54, 1.807) is 10.7 Å². The van der Waals surface area contributed by atoms with Crippen LogP contribution in [-0.2, 0) is 7.05 Å². The molecule has 1 aliphatic carbocycles. The van der Waals surface area contributed by atoms with E-state index in [1.807, 2.05) is 28.9 Å². The number of piperidine rings is 1. The van der Waals surface area contributed by atoms with Crippen LogP contribution in [0.4, 0.5) is 0 Å². The van der Waals surface area contributed by atoms with Gasteiger partial charge in [-0.3, -0.25) is 4.79 Å². The standard InChI is InChI=1S/C14H18N4O/c1-3-14-6-10(14)8-17(9-14)13(19)11-7-15-18-5-4-16(2)12(11)18/h4-5,7,10H,3,6,8-9H2,1-2H3. The van der Waals surface area contributed by atoms with Crippen molar-refractivity contribution < 1.29 is 4.79 Å². The van der Waals surface area contributed by atoms with Gasteiger partial charge in [0.1, 0.15) is 11.2 Å². The summed E-state index contributed by atoms with van der Waals surface area (Å²) in [6.45, 7) is 4.09. The third kappa shape index (κ3) is 1.35. The zero-order chi connectivity index (χ0) is 13.2. The molecular weight excluding hydrogens is 240 g/mol. The van der Waals surface area contributed by atoms with Crippen molar-refractivity contribution in [2.45, 2.75) is 19.8 Å². The van der Waals surface area contributed by atoms with E-state index in [0.717, 1.165) is 30.2 Å². The SMILES string of the molecule is CCC12CC1CN(C(=O)c1cnn3ccn(C)c13)C2. The molecule has 2 aromatic rings. The number of nitrogens with zero attached hydrogens (tertiary/aromatic N) is 4. The minimum absolute atomic E-state index is 0.136. The molecule has 5 heteroatoms. The highest BCUT2D eigenvalue weighted by molar-refractivity contribution is 6.00. The number of carbonyl (C=O) groups is 1. The first-order chi connectivity index (χ1) is 9.14. The zero-order valence-corrected chi connectivity index (χ0v) is 11.3. The van der Waals surface area contributed by atoms with E-state index in [4.69, 9.17) is 0 Å². The Morgan fingerprint density at radius 1 is 1.53 bits per heavy atom. The van der Waals surface area contributed by atoms with Gasteiger partial charge >= 0.3 is 0 Å². The van der Waals surface area contributed by atoms with Crippen molar-refractivity contribution in [1.82, 2.24) is 19.1 Å². The number of aryl methyl sites for hydroxylation is 1. The van der Waals surface area contributed by atoms with Gasteiger partial charge in [-0.1, -0.05) is 6.92 Å². The molecule has 3 heterocycles. The molecule has 4 rings (SSSR count). The molecule has 2 fully saturated rings. The average Bonchev–Trinajstić information content (AvgIpc) is 2.79. The Balaban J connectivity index is 1.66. The van der Waals surface area contributed by atoms with Gasteiger partial charge in [-0.15, -0.1) is 0 Å². The fourth-order valence-corrected chi connectivity index (χ4v) is 3.67. The molecule has 5 nitrogen and oxygen atoms in total. The Labute approximate surface area is 111 Å². The molecule has 1 saturated carbocycles. The van der Waals surface area contributed by atoms with E-state index in [9.17, 15) is 4.79 Å². The third-order valence-electron chi connectivity index (χ3n) is 5.06. The molecule has 1 saturated heterocycles. The lowest BCUT2D eigenvalue weighted by molar-refractivity contribution is 0.0765. The minimum atomic E-state index is 0.136. The van der Waals surface area contributed by atoms with Crippen molar-refractivity contribution in [2.75, 3.05) is 13.1 Å². The summed E-state index contributed by atoms with van der Waals surface area (Å²) in [7, 11) is 1.95. The van der Waals surface area contributed by atoms with Gasteiger partial charge in [0, 0.05) is 32.5 Å². The van der Waals surface area contributed by atoms with E-state index in [-0.39, 0.29) is 5.91 Å². The maximum atomic E-state index is 12.7. The maximum Gasteiger partial charge on any atom is 0.259 e. The Bertz CT molecular complexity index is 666. The fraction of sp³-hybridized carbons (Fsp3) is 0.571. The summed E-state index contributed by atoms with van der Waals surface area (Å²) in [4.78, 5) is 14.7. The number of carbonyl (C=O) groups excluding carboxylic acids is 1. The van der Waals surface area contributed by atoms with Crippen LogP contribution >= 0.6 is 0 Å². The molecule has 2 aromatic heterocycles. The topological polar surface area (TPSA) is 42.5 Å². The third-order valence-corrected chi connectivity index (χ3v) is 5.06. The zero-order valence-electron chi connectivity index (χ0n) is 11.3. The van der Waals surface area contributed by atoms with Crippen LogP contribution in [0.25, 0.3) is 5.65 Å². The summed E-state index contributed by atoms with van der Waals surface area (Å²) < 4.78 is 3.71. The summed E-state index contributed by atoms with van der Waals surface area (Å²) in [6, 6.07) is 0. The molecular formula is C14H18N4O. The molecule has 2 aliphatic rings. The summed E-state index contributed by atoms with van der Waals surface area (Å²) >= 11 is 0. The number of fused-ring (bicyclic) bond motifs is 2. The van der Waals surface area contributed by atoms with Gasteiger partial charge in [-0.05, 0) is 24.2 Å². The van der Waals surface area contributed by atoms with Gasteiger partial charge in [0.25, 0.3) is 5.91 Å². The second-order valence-electron chi connectivity index (χ2n) is 6.04. The summed E-state index contributed by atoms with van der Waals surface area (Å²) in [5.41, 5.74) is 2.05. The van der Waals surface area contributed by atoms with E-state index in [2.05, 4.69) is 12.0 Å². The molecule has 0 radical (unpaired) electrons. The Hall–Kier alpha value is -1.78. The first-order valence-electron chi connectivity index (χ1n) is 6.92. The first kappa shape index (κ1) is 11.1. The van der Waals surface area contributed by atoms with Gasteiger partial charge < -0.3 is 9.47 Å². The lowest BCUT2D eigenvalue weighted by Gasteiger charge is -2.20. The van der Waals surface area contributed by atoms with Gasteiger partial charge in [0.2, 0.25) is 0 Å². The first-order valence-corrected chi connectivity index (χ1v) is 6.92. The second-order valence-corrected chi connectivity index (χ2v) is 6.04. The van der Waals surface area contributed by atoms with Crippen LogP contribution in [-0.4, -0.2) is 38.1 Å². The van der Waals surface area contributed by atoms with Crippen LogP contribution in [0.5, 0.6) is 0 Å². The highest BCUT2D eigenvalue weighted by Gasteiger charge is 2.59. The molecule has 2 unspecified atom stereocenters. The fourth-order valence-electron chi connectivity index (χ4n) is 3.67. The number of likely N-dealkylation sites (tertiary alicyclic amines) is 1. The van der Waals surface area contributed by atoms with E-state index in [0.29, 0.717) is 5.41 Å². The number of amides is 1. The van der Waals surface area contributed by atoms with E-state index in [1.165, 1.54) is 12.8 Å². The van der Waals surface area contributed by atoms with Crippen molar-refractivity contribution in [3.05, 3.63) is 24.2 Å². The van der Waals surface area contributed by atoms with Gasteiger partial charge in [0.05, 0.1) is 6.20 Å². The lowest BCUT2D eigenvalue weighted by Crippen LogP contribution is -2.31. The second kappa shape index (κ2) is 3.40. The smallest absolute Gasteiger partial charge is 0.259 e. The average molecular weight is 258 g/mol. The number of aromatic nitrogens is 3. The van der Waals surface area contributed by atoms with Crippen LogP contribution < -0.4 is 0 Å². The summed E-state index contributed by atoms with van der Waals surface area (Å²) in [5.74, 6) is 0.873. The molecule has 1 amide bonds. The number of imidazole rings is 1. The predicted molar refractivity (Wildman–Crippen MR) is 70.9 cm³/mol. The number of hydrogen-bond donors (Lipinski definition) is 0. The molecule has 0 bridgehead atoms. The van der Waals surface area contributed by atoms with Crippen molar-refractivity contribution in [3.63, 3.8) is 0 Å². The summed E-state index contributed by atoms with van der Waals surface area (Å²) in [6.07, 6.45) is 7.99. The summed E-state index contributed by atoms with van der Waals surface area (Å²) in [5, 5.41) is 4.25. The molecule has 100 valence electrons. The number of hydrogen-bond acceptors (Lipinski definition) is 2. The largest absolute Gasteiger partial charge is 0.338 e. The maximum absolute atomic E-state index is 12.7. The van der Waals surface area contributed by atoms with Crippen molar-refractivity contribution >= 4 is 11.6 Å². The van der Waals surface area contributed by atoms with Crippen LogP contribution in [0.15, 0.2) is 18.6 Å². The monoisotopic (exact) mass is 258 g/mol. The molecule has 0 N–H and O–H groups in total. The van der Waals surface area contributed by atoms with Gasteiger partial charge in [-0.2, -0.15) is 5.10 Å². The van der Waals surface area contributed by atoms with Gasteiger partial charge in [0.15, 0.2) is 0 Å². The van der Waals surface area contributed by atoms with E-state index >= 15 is 0 Å². The lowest BCUT2D eigenvalue weighted by atomic mass is 10.0. The Kier molecular flexibility index (Phi) is 1.99. The van der Waals surface area contributed by atoms with Crippen LogP contribution in [0, 0.1) is 11.3 Å². The Morgan fingerprint density at radius 3 is 3.11 bits per heavy atom. The van der Waals surface area contributed by atoms with Crippen molar-refractivity contribution in [3.8, 4) is 0 Å². The highest BCUT2D eigenvalue weighted by atomic mass is 16.2. The van der Waals surface area contributed by atoms with Crippen LogP contribution in [0.3, 0.4) is 0 Å². The molecule has 0 spiro atoms. The van der Waals surface area contributed by atoms with E-state index < -0.39 is 0 Å². The van der Waals surface area contributed by atoms with Gasteiger partial charge in [-0.25, -0.2) is 4.52 Å². The van der Waals surface area contributed by atoms with Crippen LogP contribution in [0.1, 0.15) is 30.1 Å². The highest BCUT2D eigenvalue weighted by Crippen LogP contribution is 2.60.